The van der Waals surface area contributed by atoms with E-state index in [1.807, 2.05) is 0 Å². The van der Waals surface area contributed by atoms with E-state index in [1.165, 1.54) is 16.7 Å². The Morgan fingerprint density at radius 1 is 1.62 bits per heavy atom. The predicted octanol–water partition coefficient (Wildman–Crippen LogP) is 1.43. The quantitative estimate of drug-likeness (QED) is 0.422. The second-order valence-corrected chi connectivity index (χ2v) is 4.31. The minimum atomic E-state index is 0.744. The smallest absolute Gasteiger partial charge is 0.0248 e. The van der Waals surface area contributed by atoms with E-state index in [-0.39, 0.29) is 0 Å². The van der Waals surface area contributed by atoms with Gasteiger partial charge in [-0.25, -0.2) is 0 Å². The lowest BCUT2D eigenvalue weighted by atomic mass is 10.1. The maximum absolute atomic E-state index is 5.65. The normalized spacial score (nSPS) is 18.4. The maximum Gasteiger partial charge on any atom is 0.0248 e. The van der Waals surface area contributed by atoms with Crippen LogP contribution in [0, 0.1) is 5.92 Å². The zero-order valence-corrected chi connectivity index (χ0v) is 8.70. The summed E-state index contributed by atoms with van der Waals surface area (Å²) in [4.78, 5) is 0. The number of hydrogen-bond donors (Lipinski definition) is 0. The summed E-state index contributed by atoms with van der Waals surface area (Å²) in [6.45, 7) is 4.47. The van der Waals surface area contributed by atoms with Crippen LogP contribution in [0.4, 0.5) is 0 Å². The van der Waals surface area contributed by atoms with Gasteiger partial charge in [0.25, 0.3) is 0 Å². The summed E-state index contributed by atoms with van der Waals surface area (Å²) in [5, 5.41) is 0. The summed E-state index contributed by atoms with van der Waals surface area (Å²) in [6.07, 6.45) is 1.31. The highest BCUT2D eigenvalue weighted by molar-refractivity contribution is 6.19. The molecule has 0 nitrogen and oxygen atoms in total. The lowest BCUT2D eigenvalue weighted by molar-refractivity contribution is 0.581. The molecule has 0 aliphatic carbocycles. The molecule has 8 heavy (non-hydrogen) atoms. The van der Waals surface area contributed by atoms with Gasteiger partial charge in [0, 0.05) is 16.1 Å². The highest BCUT2D eigenvalue weighted by atomic mass is 35.5. The minimum absolute atomic E-state index is 0.744. The Bertz CT molecular complexity index is 48.5. The van der Waals surface area contributed by atoms with Crippen molar-refractivity contribution in [2.24, 2.45) is 5.92 Å². The molecule has 0 rings (SSSR count). The van der Waals surface area contributed by atoms with Crippen molar-refractivity contribution < 1.29 is 0 Å². The Labute approximate surface area is 60.0 Å². The number of alkyl halides is 1. The van der Waals surface area contributed by atoms with Crippen molar-refractivity contribution in [1.29, 1.82) is 0 Å². The fraction of sp³-hybridized carbons (Fsp3) is 1.00. The molecule has 0 saturated carbocycles. The van der Waals surface area contributed by atoms with Gasteiger partial charge in [0.2, 0.25) is 0 Å². The summed E-state index contributed by atoms with van der Waals surface area (Å²) in [5.74, 6) is 1.58. The van der Waals surface area contributed by atoms with Crippen molar-refractivity contribution >= 4 is 21.8 Å². The molecule has 2 atom stereocenters. The first kappa shape index (κ1) is 8.51. The van der Waals surface area contributed by atoms with E-state index in [0.717, 1.165) is 17.3 Å². The van der Waals surface area contributed by atoms with E-state index in [2.05, 4.69) is 13.8 Å². The molecule has 2 unspecified atom stereocenters. The van der Waals surface area contributed by atoms with Gasteiger partial charge in [-0.05, 0) is 5.92 Å². The predicted molar refractivity (Wildman–Crippen MR) is 43.9 cm³/mol. The molecular weight excluding hydrogens is 136 g/mol. The molecule has 0 aliphatic heterocycles. The van der Waals surface area contributed by atoms with Crippen LogP contribution in [0.5, 0.6) is 0 Å². The van der Waals surface area contributed by atoms with E-state index < -0.39 is 0 Å². The molecule has 0 aromatic carbocycles. The Morgan fingerprint density at radius 3 is 2.25 bits per heavy atom. The Kier molecular flexibility index (Phi) is 4.67. The Morgan fingerprint density at radius 2 is 2.12 bits per heavy atom. The van der Waals surface area contributed by atoms with Crippen molar-refractivity contribution in [2.45, 2.75) is 25.8 Å². The third-order valence-electron chi connectivity index (χ3n) is 1.86. The number of halogens is 1. The van der Waals surface area contributed by atoms with Gasteiger partial charge >= 0.3 is 0 Å². The molecule has 0 heterocycles. The second kappa shape index (κ2) is 4.39. The first-order valence-corrected chi connectivity index (χ1v) is 4.97. The van der Waals surface area contributed by atoms with E-state index in [1.54, 1.807) is 0 Å². The lowest BCUT2D eigenvalue weighted by Gasteiger charge is -2.13. The van der Waals surface area contributed by atoms with Gasteiger partial charge in [-0.2, -0.15) is 0 Å². The second-order valence-electron chi connectivity index (χ2n) is 2.52. The van der Waals surface area contributed by atoms with E-state index >= 15 is 0 Å². The lowest BCUT2D eigenvalue weighted by Crippen LogP contribution is -2.05. The van der Waals surface area contributed by atoms with Crippen LogP contribution in [0.25, 0.3) is 0 Å². The van der Waals surface area contributed by atoms with Crippen molar-refractivity contribution in [2.75, 3.05) is 5.88 Å². The molecule has 0 bridgehead atoms. The molecule has 0 saturated heterocycles. The summed E-state index contributed by atoms with van der Waals surface area (Å²) in [7, 11) is 1.30. The molecule has 0 fully saturated rings. The van der Waals surface area contributed by atoms with Gasteiger partial charge in [0.15, 0.2) is 0 Å². The molecular formula is C6H15ClSi. The topological polar surface area (TPSA) is 0 Å². The molecule has 0 aromatic heterocycles. The van der Waals surface area contributed by atoms with Crippen LogP contribution in [0.15, 0.2) is 0 Å². The monoisotopic (exact) mass is 150 g/mol. The zero-order chi connectivity index (χ0) is 6.57. The standard InChI is InChI=1S/C6H15ClSi/c1-3-6(8)5(2)4-7/h5-6H,3-4H2,1-2,8H3. The van der Waals surface area contributed by atoms with Crippen LogP contribution in [-0.4, -0.2) is 16.1 Å². The molecule has 0 amide bonds. The van der Waals surface area contributed by atoms with Gasteiger partial charge in [-0.3, -0.25) is 0 Å². The molecule has 2 heteroatoms. The van der Waals surface area contributed by atoms with Crippen molar-refractivity contribution in [1.82, 2.24) is 0 Å². The molecule has 0 N–H and O–H groups in total. The van der Waals surface area contributed by atoms with Gasteiger partial charge < -0.3 is 0 Å². The van der Waals surface area contributed by atoms with Crippen LogP contribution in [0.3, 0.4) is 0 Å². The average Bonchev–Trinajstić information content (AvgIpc) is 1.84. The van der Waals surface area contributed by atoms with Gasteiger partial charge in [0.05, 0.1) is 0 Å². The van der Waals surface area contributed by atoms with Gasteiger partial charge in [0.1, 0.15) is 0 Å². The minimum Gasteiger partial charge on any atom is -0.126 e. The Hall–Kier alpha value is 0.507. The first-order valence-electron chi connectivity index (χ1n) is 3.28. The maximum atomic E-state index is 5.65. The third kappa shape index (κ3) is 2.73. The van der Waals surface area contributed by atoms with Crippen LogP contribution < -0.4 is 0 Å². The molecule has 0 aliphatic rings. The fourth-order valence-corrected chi connectivity index (χ4v) is 1.39. The summed E-state index contributed by atoms with van der Waals surface area (Å²) >= 11 is 5.65. The first-order chi connectivity index (χ1) is 3.72. The molecule has 0 spiro atoms. The van der Waals surface area contributed by atoms with Crippen molar-refractivity contribution in [3.8, 4) is 0 Å². The summed E-state index contributed by atoms with van der Waals surface area (Å²) in [6, 6.07) is 0. The van der Waals surface area contributed by atoms with Crippen LogP contribution in [0.1, 0.15) is 20.3 Å². The fourth-order valence-electron chi connectivity index (χ4n) is 0.554. The third-order valence-corrected chi connectivity index (χ3v) is 4.30. The highest BCUT2D eigenvalue weighted by Crippen LogP contribution is 2.18. The zero-order valence-electron chi connectivity index (χ0n) is 5.95. The average molecular weight is 151 g/mol. The number of rotatable bonds is 3. The Balaban J connectivity index is 3.29. The van der Waals surface area contributed by atoms with Crippen LogP contribution >= 0.6 is 11.6 Å². The van der Waals surface area contributed by atoms with Crippen molar-refractivity contribution in [3.63, 3.8) is 0 Å². The van der Waals surface area contributed by atoms with Crippen LogP contribution in [-0.2, 0) is 0 Å². The largest absolute Gasteiger partial charge is 0.126 e. The SMILES string of the molecule is CCC([SiH3])C(C)CCl. The number of hydrogen-bond acceptors (Lipinski definition) is 0. The molecule has 0 aromatic rings. The van der Waals surface area contributed by atoms with E-state index in [0.29, 0.717) is 0 Å². The van der Waals surface area contributed by atoms with E-state index in [9.17, 15) is 0 Å². The summed E-state index contributed by atoms with van der Waals surface area (Å²) < 4.78 is 0. The van der Waals surface area contributed by atoms with Crippen LogP contribution in [0.2, 0.25) is 5.54 Å². The highest BCUT2D eigenvalue weighted by Gasteiger charge is 2.06. The molecule has 0 radical (unpaired) electrons. The summed E-state index contributed by atoms with van der Waals surface area (Å²) in [5.41, 5.74) is 0.924. The van der Waals surface area contributed by atoms with Gasteiger partial charge in [-0.15, -0.1) is 11.6 Å². The van der Waals surface area contributed by atoms with Crippen molar-refractivity contribution in [3.05, 3.63) is 0 Å². The van der Waals surface area contributed by atoms with E-state index in [4.69, 9.17) is 11.6 Å². The molecule has 50 valence electrons. The van der Waals surface area contributed by atoms with Gasteiger partial charge in [-0.1, -0.05) is 25.8 Å².